The van der Waals surface area contributed by atoms with Crippen molar-refractivity contribution in [2.75, 3.05) is 51.3 Å². The van der Waals surface area contributed by atoms with Gasteiger partial charge < -0.3 is 19.5 Å². The monoisotopic (exact) mass is 468 g/mol. The van der Waals surface area contributed by atoms with Gasteiger partial charge in [0.25, 0.3) is 5.91 Å². The number of piperazine rings is 1. The lowest BCUT2D eigenvalue weighted by atomic mass is 10.1. The third-order valence-electron chi connectivity index (χ3n) is 5.93. The molecule has 0 saturated carbocycles. The van der Waals surface area contributed by atoms with E-state index in [1.54, 1.807) is 14.0 Å². The molecule has 1 aliphatic heterocycles. The van der Waals surface area contributed by atoms with Gasteiger partial charge in [0.05, 0.1) is 12.8 Å². The number of aromatic nitrogens is 1. The van der Waals surface area contributed by atoms with E-state index in [1.807, 2.05) is 48.5 Å². The first-order chi connectivity index (χ1) is 16.1. The van der Waals surface area contributed by atoms with Gasteiger partial charge in [0.1, 0.15) is 22.8 Å². The first-order valence-corrected chi connectivity index (χ1v) is 11.6. The SMILES string of the molecule is COc1cc(Cl)ccc1N1CCN(CCCNC(=O)c2c(-c3ccccc3)noc2C)CC1. The number of rotatable bonds is 8. The number of methoxy groups -OCH3 is 1. The second kappa shape index (κ2) is 10.7. The number of ether oxygens (including phenoxy) is 1. The topological polar surface area (TPSA) is 70.8 Å². The molecule has 1 aromatic heterocycles. The van der Waals surface area contributed by atoms with Crippen LogP contribution in [-0.4, -0.2) is 62.3 Å². The highest BCUT2D eigenvalue weighted by molar-refractivity contribution is 6.30. The first kappa shape index (κ1) is 23.1. The van der Waals surface area contributed by atoms with E-state index in [2.05, 4.69) is 20.3 Å². The zero-order valence-electron chi connectivity index (χ0n) is 19.0. The molecule has 2 aromatic carbocycles. The molecule has 7 nitrogen and oxygen atoms in total. The van der Waals surface area contributed by atoms with E-state index in [1.165, 1.54) is 0 Å². The minimum atomic E-state index is -0.146. The fourth-order valence-corrected chi connectivity index (χ4v) is 4.31. The van der Waals surface area contributed by atoms with Crippen LogP contribution in [-0.2, 0) is 0 Å². The van der Waals surface area contributed by atoms with Crippen LogP contribution in [0.1, 0.15) is 22.5 Å². The molecule has 0 bridgehead atoms. The van der Waals surface area contributed by atoms with E-state index in [0.717, 1.165) is 56.1 Å². The molecule has 3 aromatic rings. The van der Waals surface area contributed by atoms with Crippen LogP contribution in [0.4, 0.5) is 5.69 Å². The summed E-state index contributed by atoms with van der Waals surface area (Å²) in [6, 6.07) is 15.4. The molecule has 174 valence electrons. The molecule has 0 unspecified atom stereocenters. The van der Waals surface area contributed by atoms with Gasteiger partial charge in [-0.1, -0.05) is 47.1 Å². The molecule has 33 heavy (non-hydrogen) atoms. The van der Waals surface area contributed by atoms with Crippen LogP contribution < -0.4 is 15.0 Å². The molecule has 1 fully saturated rings. The van der Waals surface area contributed by atoms with Crippen LogP contribution >= 0.6 is 11.6 Å². The van der Waals surface area contributed by atoms with Crippen LogP contribution in [0.25, 0.3) is 11.3 Å². The summed E-state index contributed by atoms with van der Waals surface area (Å²) < 4.78 is 10.8. The Kier molecular flexibility index (Phi) is 7.52. The van der Waals surface area contributed by atoms with E-state index in [0.29, 0.717) is 28.6 Å². The van der Waals surface area contributed by atoms with Crippen molar-refractivity contribution < 1.29 is 14.1 Å². The maximum absolute atomic E-state index is 12.8. The molecular weight excluding hydrogens is 440 g/mol. The fraction of sp³-hybridized carbons (Fsp3) is 0.360. The van der Waals surface area contributed by atoms with E-state index < -0.39 is 0 Å². The second-order valence-corrected chi connectivity index (χ2v) is 8.52. The molecule has 1 saturated heterocycles. The molecule has 1 amide bonds. The van der Waals surface area contributed by atoms with E-state index in [9.17, 15) is 4.79 Å². The molecule has 0 aliphatic carbocycles. The number of carbonyl (C=O) groups excluding carboxylic acids is 1. The highest BCUT2D eigenvalue weighted by Gasteiger charge is 2.22. The third kappa shape index (κ3) is 5.49. The van der Waals surface area contributed by atoms with E-state index in [-0.39, 0.29) is 5.91 Å². The Labute approximate surface area is 199 Å². The highest BCUT2D eigenvalue weighted by atomic mass is 35.5. The molecule has 0 spiro atoms. The van der Waals surface area contributed by atoms with Gasteiger partial charge in [-0.05, 0) is 32.0 Å². The van der Waals surface area contributed by atoms with Crippen LogP contribution in [0.15, 0.2) is 53.1 Å². The zero-order chi connectivity index (χ0) is 23.2. The number of nitrogens with zero attached hydrogens (tertiary/aromatic N) is 3. The van der Waals surface area contributed by atoms with Gasteiger partial charge in [-0.2, -0.15) is 0 Å². The van der Waals surface area contributed by atoms with Crippen molar-refractivity contribution >= 4 is 23.2 Å². The van der Waals surface area contributed by atoms with E-state index >= 15 is 0 Å². The number of amides is 1. The van der Waals surface area contributed by atoms with Crippen molar-refractivity contribution in [2.45, 2.75) is 13.3 Å². The average molecular weight is 469 g/mol. The Morgan fingerprint density at radius 2 is 1.91 bits per heavy atom. The number of nitrogens with one attached hydrogen (secondary N) is 1. The Hall–Kier alpha value is -3.03. The summed E-state index contributed by atoms with van der Waals surface area (Å²) in [5.41, 5.74) is 3.04. The quantitative estimate of drug-likeness (QED) is 0.498. The summed E-state index contributed by atoms with van der Waals surface area (Å²) in [6.07, 6.45) is 0.876. The average Bonchev–Trinajstić information content (AvgIpc) is 3.24. The smallest absolute Gasteiger partial charge is 0.257 e. The summed E-state index contributed by atoms with van der Waals surface area (Å²) in [6.45, 7) is 7.06. The maximum atomic E-state index is 12.8. The number of anilines is 1. The van der Waals surface area contributed by atoms with Gasteiger partial charge in [-0.25, -0.2) is 0 Å². The lowest BCUT2D eigenvalue weighted by Gasteiger charge is -2.36. The summed E-state index contributed by atoms with van der Waals surface area (Å²) in [7, 11) is 1.67. The predicted octanol–water partition coefficient (Wildman–Crippen LogP) is 4.25. The van der Waals surface area contributed by atoms with Crippen molar-refractivity contribution in [3.8, 4) is 17.0 Å². The molecule has 8 heteroatoms. The fourth-order valence-electron chi connectivity index (χ4n) is 4.15. The number of halogens is 1. The van der Waals surface area contributed by atoms with Gasteiger partial charge in [0.15, 0.2) is 0 Å². The van der Waals surface area contributed by atoms with Gasteiger partial charge in [-0.3, -0.25) is 9.69 Å². The number of hydrogen-bond donors (Lipinski definition) is 1. The Balaban J connectivity index is 1.24. The lowest BCUT2D eigenvalue weighted by Crippen LogP contribution is -2.47. The summed E-state index contributed by atoms with van der Waals surface area (Å²) in [5.74, 6) is 1.19. The van der Waals surface area contributed by atoms with Gasteiger partial charge in [0.2, 0.25) is 0 Å². The molecule has 2 heterocycles. The minimum Gasteiger partial charge on any atom is -0.495 e. The number of benzene rings is 2. The molecule has 4 rings (SSSR count). The van der Waals surface area contributed by atoms with Crippen LogP contribution in [0.3, 0.4) is 0 Å². The molecule has 1 N–H and O–H groups in total. The van der Waals surface area contributed by atoms with Crippen molar-refractivity contribution in [3.05, 3.63) is 64.9 Å². The third-order valence-corrected chi connectivity index (χ3v) is 6.16. The number of carbonyl (C=O) groups is 1. The highest BCUT2D eigenvalue weighted by Crippen LogP contribution is 2.31. The van der Waals surface area contributed by atoms with Crippen molar-refractivity contribution in [1.29, 1.82) is 0 Å². The van der Waals surface area contributed by atoms with Gasteiger partial charge in [-0.15, -0.1) is 0 Å². The summed E-state index contributed by atoms with van der Waals surface area (Å²) in [5, 5.41) is 7.79. The Morgan fingerprint density at radius 3 is 2.64 bits per heavy atom. The molecule has 0 atom stereocenters. The number of aryl methyl sites for hydroxylation is 1. The van der Waals surface area contributed by atoms with Crippen molar-refractivity contribution in [3.63, 3.8) is 0 Å². The Bertz CT molecular complexity index is 1080. The lowest BCUT2D eigenvalue weighted by molar-refractivity contribution is 0.0950. The van der Waals surface area contributed by atoms with Gasteiger partial charge in [0, 0.05) is 49.4 Å². The molecule has 0 radical (unpaired) electrons. The largest absolute Gasteiger partial charge is 0.495 e. The number of hydrogen-bond acceptors (Lipinski definition) is 6. The summed E-state index contributed by atoms with van der Waals surface area (Å²) >= 11 is 6.09. The van der Waals surface area contributed by atoms with Crippen LogP contribution in [0.2, 0.25) is 5.02 Å². The Morgan fingerprint density at radius 1 is 1.15 bits per heavy atom. The standard InChI is InChI=1S/C25H29ClN4O3/c1-18-23(24(28-33-18)19-7-4-3-5-8-19)25(31)27-11-6-12-29-13-15-30(16-14-29)21-10-9-20(26)17-22(21)32-2/h3-5,7-10,17H,6,11-16H2,1-2H3,(H,27,31). The predicted molar refractivity (Wildman–Crippen MR) is 130 cm³/mol. The molecular formula is C25H29ClN4O3. The van der Waals surface area contributed by atoms with Gasteiger partial charge >= 0.3 is 0 Å². The zero-order valence-corrected chi connectivity index (χ0v) is 19.8. The van der Waals surface area contributed by atoms with E-state index in [4.69, 9.17) is 20.9 Å². The van der Waals surface area contributed by atoms with Crippen LogP contribution in [0.5, 0.6) is 5.75 Å². The maximum Gasteiger partial charge on any atom is 0.257 e. The normalized spacial score (nSPS) is 14.3. The minimum absolute atomic E-state index is 0.146. The van der Waals surface area contributed by atoms with Crippen LogP contribution in [0, 0.1) is 6.92 Å². The molecule has 1 aliphatic rings. The second-order valence-electron chi connectivity index (χ2n) is 8.08. The first-order valence-electron chi connectivity index (χ1n) is 11.2. The summed E-state index contributed by atoms with van der Waals surface area (Å²) in [4.78, 5) is 17.6. The van der Waals surface area contributed by atoms with Crippen molar-refractivity contribution in [1.82, 2.24) is 15.4 Å². The van der Waals surface area contributed by atoms with Crippen molar-refractivity contribution in [2.24, 2.45) is 0 Å².